The average molecular weight is 423 g/mol. The molecule has 2 amide bonds. The number of carbonyl (C=O) groups excluding carboxylic acids is 2. The van der Waals surface area contributed by atoms with E-state index < -0.39 is 0 Å². The van der Waals surface area contributed by atoms with E-state index in [4.69, 9.17) is 4.42 Å². The smallest absolute Gasteiger partial charge is 0.289 e. The Morgan fingerprint density at radius 2 is 2.10 bits per heavy atom. The summed E-state index contributed by atoms with van der Waals surface area (Å²) in [5.41, 5.74) is 3.12. The molecule has 3 heterocycles. The number of aromatic nitrogens is 2. The molecule has 0 radical (unpaired) electrons. The third-order valence-corrected chi connectivity index (χ3v) is 6.07. The highest BCUT2D eigenvalue weighted by atomic mass is 16.3. The highest BCUT2D eigenvalue weighted by molar-refractivity contribution is 5.96. The largest absolute Gasteiger partial charge is 0.451 e. The van der Waals surface area contributed by atoms with Gasteiger partial charge in [0.15, 0.2) is 5.76 Å². The summed E-state index contributed by atoms with van der Waals surface area (Å²) in [5.74, 6) is 0.705. The van der Waals surface area contributed by atoms with Crippen LogP contribution in [0.3, 0.4) is 0 Å². The average Bonchev–Trinajstić information content (AvgIpc) is 3.45. The summed E-state index contributed by atoms with van der Waals surface area (Å²) < 4.78 is 7.72. The molecule has 1 aromatic carbocycles. The lowest BCUT2D eigenvalue weighted by molar-refractivity contribution is -0.132. The Balaban J connectivity index is 1.53. The Hall–Kier alpha value is -3.09. The van der Waals surface area contributed by atoms with Crippen LogP contribution in [0.25, 0.3) is 11.0 Å². The summed E-state index contributed by atoms with van der Waals surface area (Å²) in [7, 11) is 3.45. The van der Waals surface area contributed by atoms with Gasteiger partial charge in [0, 0.05) is 63.8 Å². The van der Waals surface area contributed by atoms with Crippen LogP contribution < -0.4 is 0 Å². The van der Waals surface area contributed by atoms with Gasteiger partial charge in [0.1, 0.15) is 5.58 Å². The van der Waals surface area contributed by atoms with Crippen LogP contribution in [-0.2, 0) is 17.8 Å². The molecular weight excluding hydrogens is 392 g/mol. The Morgan fingerprint density at radius 3 is 2.81 bits per heavy atom. The summed E-state index contributed by atoms with van der Waals surface area (Å²) in [6.45, 7) is 4.25. The van der Waals surface area contributed by atoms with E-state index in [1.807, 2.05) is 23.2 Å². The molecule has 0 saturated carbocycles. The summed E-state index contributed by atoms with van der Waals surface area (Å²) in [5, 5.41) is 5.14. The zero-order valence-corrected chi connectivity index (χ0v) is 18.5. The third-order valence-electron chi connectivity index (χ3n) is 6.07. The van der Waals surface area contributed by atoms with Crippen molar-refractivity contribution in [3.8, 4) is 0 Å². The number of hydrogen-bond donors (Lipinski definition) is 0. The lowest BCUT2D eigenvalue weighted by atomic mass is 9.88. The van der Waals surface area contributed by atoms with Crippen LogP contribution in [-0.4, -0.2) is 58.6 Å². The summed E-state index contributed by atoms with van der Waals surface area (Å²) in [6, 6.07) is 8.04. The van der Waals surface area contributed by atoms with Crippen LogP contribution >= 0.6 is 0 Å². The number of fused-ring (bicyclic) bond motifs is 1. The molecule has 1 saturated heterocycles. The van der Waals surface area contributed by atoms with Gasteiger partial charge in [-0.25, -0.2) is 0 Å². The molecule has 1 aliphatic rings. The van der Waals surface area contributed by atoms with Gasteiger partial charge in [-0.05, 0) is 48.6 Å². The van der Waals surface area contributed by atoms with E-state index in [1.165, 1.54) is 10.5 Å². The minimum absolute atomic E-state index is 0.133. The molecule has 164 valence electrons. The molecule has 0 N–H and O–H groups in total. The number of nitrogens with zero attached hydrogens (tertiary/aromatic N) is 4. The van der Waals surface area contributed by atoms with Gasteiger partial charge in [-0.2, -0.15) is 5.10 Å². The van der Waals surface area contributed by atoms with Crippen molar-refractivity contribution >= 4 is 22.8 Å². The number of aryl methyl sites for hydroxylation is 2. The SMILES string of the molecule is CCc1cc(C2CCCN(C(=O)CCn3cccn3)C2)cc2cc(C(=O)N(C)C)oc12. The molecule has 1 unspecified atom stereocenters. The predicted molar refractivity (Wildman–Crippen MR) is 119 cm³/mol. The van der Waals surface area contributed by atoms with Gasteiger partial charge >= 0.3 is 0 Å². The molecular formula is C24H30N4O3. The lowest BCUT2D eigenvalue weighted by Gasteiger charge is -2.33. The number of rotatable bonds is 6. The highest BCUT2D eigenvalue weighted by Gasteiger charge is 2.26. The van der Waals surface area contributed by atoms with Gasteiger partial charge in [0.2, 0.25) is 5.91 Å². The molecule has 7 nitrogen and oxygen atoms in total. The molecule has 3 aromatic rings. The normalized spacial score (nSPS) is 16.6. The number of piperidine rings is 1. The second-order valence-electron chi connectivity index (χ2n) is 8.46. The van der Waals surface area contributed by atoms with Crippen molar-refractivity contribution in [2.45, 2.75) is 45.1 Å². The zero-order valence-electron chi connectivity index (χ0n) is 18.5. The monoisotopic (exact) mass is 422 g/mol. The molecule has 0 bridgehead atoms. The van der Waals surface area contributed by atoms with Crippen molar-refractivity contribution in [2.75, 3.05) is 27.2 Å². The van der Waals surface area contributed by atoms with E-state index in [0.29, 0.717) is 24.6 Å². The fraction of sp³-hybridized carbons (Fsp3) is 0.458. The topological polar surface area (TPSA) is 71.6 Å². The number of carbonyl (C=O) groups is 2. The van der Waals surface area contributed by atoms with Crippen LogP contribution in [0.4, 0.5) is 0 Å². The second kappa shape index (κ2) is 8.96. The number of hydrogen-bond acceptors (Lipinski definition) is 4. The number of likely N-dealkylation sites (tertiary alicyclic amines) is 1. The highest BCUT2D eigenvalue weighted by Crippen LogP contribution is 2.33. The number of benzene rings is 1. The van der Waals surface area contributed by atoms with Crippen molar-refractivity contribution < 1.29 is 14.0 Å². The van der Waals surface area contributed by atoms with Gasteiger partial charge < -0.3 is 14.2 Å². The molecule has 1 atom stereocenters. The van der Waals surface area contributed by atoms with E-state index in [-0.39, 0.29) is 11.8 Å². The minimum atomic E-state index is -0.133. The first-order valence-electron chi connectivity index (χ1n) is 11.0. The Bertz CT molecular complexity index is 1070. The summed E-state index contributed by atoms with van der Waals surface area (Å²) >= 11 is 0. The Kier molecular flexibility index (Phi) is 6.11. The lowest BCUT2D eigenvalue weighted by Crippen LogP contribution is -2.39. The Morgan fingerprint density at radius 1 is 1.26 bits per heavy atom. The maximum absolute atomic E-state index is 12.8. The van der Waals surface area contributed by atoms with E-state index >= 15 is 0 Å². The van der Waals surface area contributed by atoms with E-state index in [2.05, 4.69) is 24.2 Å². The first-order chi connectivity index (χ1) is 15.0. The Labute approximate surface area is 182 Å². The molecule has 7 heteroatoms. The van der Waals surface area contributed by atoms with Crippen LogP contribution in [0.2, 0.25) is 0 Å². The molecule has 0 spiro atoms. The van der Waals surface area contributed by atoms with Gasteiger partial charge in [0.25, 0.3) is 5.91 Å². The van der Waals surface area contributed by atoms with Crippen LogP contribution in [0.5, 0.6) is 0 Å². The second-order valence-corrected chi connectivity index (χ2v) is 8.46. The molecule has 2 aromatic heterocycles. The number of furan rings is 1. The van der Waals surface area contributed by atoms with Gasteiger partial charge in [-0.15, -0.1) is 0 Å². The van der Waals surface area contributed by atoms with Crippen molar-refractivity contribution in [3.63, 3.8) is 0 Å². The van der Waals surface area contributed by atoms with Crippen molar-refractivity contribution in [2.24, 2.45) is 0 Å². The quantitative estimate of drug-likeness (QED) is 0.607. The van der Waals surface area contributed by atoms with Crippen LogP contribution in [0.15, 0.2) is 41.1 Å². The molecule has 1 aliphatic heterocycles. The number of amides is 2. The van der Waals surface area contributed by atoms with E-state index in [9.17, 15) is 9.59 Å². The van der Waals surface area contributed by atoms with Gasteiger partial charge in [-0.3, -0.25) is 14.3 Å². The van der Waals surface area contributed by atoms with Crippen molar-refractivity contribution in [1.82, 2.24) is 19.6 Å². The maximum atomic E-state index is 12.8. The first-order valence-corrected chi connectivity index (χ1v) is 11.0. The first kappa shape index (κ1) is 21.2. The fourth-order valence-corrected chi connectivity index (χ4v) is 4.35. The zero-order chi connectivity index (χ0) is 22.0. The van der Waals surface area contributed by atoms with Crippen LogP contribution in [0, 0.1) is 0 Å². The predicted octanol–water partition coefficient (Wildman–Crippen LogP) is 3.69. The van der Waals surface area contributed by atoms with Crippen molar-refractivity contribution in [1.29, 1.82) is 0 Å². The molecule has 1 fully saturated rings. The van der Waals surface area contributed by atoms with Gasteiger partial charge in [-0.1, -0.05) is 13.0 Å². The third kappa shape index (κ3) is 4.50. The van der Waals surface area contributed by atoms with Gasteiger partial charge in [0.05, 0.1) is 0 Å². The molecule has 0 aliphatic carbocycles. The van der Waals surface area contributed by atoms with E-state index in [0.717, 1.165) is 48.9 Å². The summed E-state index contributed by atoms with van der Waals surface area (Å²) in [4.78, 5) is 28.6. The molecule has 31 heavy (non-hydrogen) atoms. The summed E-state index contributed by atoms with van der Waals surface area (Å²) in [6.07, 6.45) is 6.95. The van der Waals surface area contributed by atoms with E-state index in [1.54, 1.807) is 25.0 Å². The fourth-order valence-electron chi connectivity index (χ4n) is 4.35. The van der Waals surface area contributed by atoms with Crippen LogP contribution in [0.1, 0.15) is 53.8 Å². The molecule has 4 rings (SSSR count). The minimum Gasteiger partial charge on any atom is -0.451 e. The maximum Gasteiger partial charge on any atom is 0.289 e. The standard InChI is InChI=1S/C24H30N4O3/c1-4-17-13-19(14-20-15-21(31-23(17)20)24(30)26(2)3)18-7-5-10-27(16-18)22(29)8-12-28-11-6-9-25-28/h6,9,11,13-15,18H,4-5,7-8,10,12,16H2,1-3H3. The van der Waals surface area contributed by atoms with Crippen molar-refractivity contribution in [3.05, 3.63) is 53.5 Å².